The Labute approximate surface area is 260 Å². The van der Waals surface area contributed by atoms with Gasteiger partial charge in [0.15, 0.2) is 0 Å². The molecular formula is C33H36BrCl2F2N3. The second kappa shape index (κ2) is 10.3. The van der Waals surface area contributed by atoms with Crippen LogP contribution in [0, 0.1) is 11.6 Å². The van der Waals surface area contributed by atoms with Gasteiger partial charge in [0.05, 0.1) is 9.50 Å². The molecule has 2 unspecified atom stereocenters. The number of anilines is 3. The first-order chi connectivity index (χ1) is 19.3. The molecule has 0 fully saturated rings. The summed E-state index contributed by atoms with van der Waals surface area (Å²) >= 11 is 16.2. The zero-order valence-electron chi connectivity index (χ0n) is 24.0. The van der Waals surface area contributed by atoms with Crippen LogP contribution in [-0.4, -0.2) is 32.7 Å². The van der Waals surface area contributed by atoms with Crippen LogP contribution in [0.4, 0.5) is 25.8 Å². The van der Waals surface area contributed by atoms with Gasteiger partial charge in [0.25, 0.3) is 0 Å². The Kier molecular flexibility index (Phi) is 7.31. The highest BCUT2D eigenvalue weighted by atomic mass is 79.9. The van der Waals surface area contributed by atoms with E-state index in [1.165, 1.54) is 11.3 Å². The minimum absolute atomic E-state index is 0.0634. The Morgan fingerprint density at radius 1 is 0.780 bits per heavy atom. The van der Waals surface area contributed by atoms with E-state index in [1.807, 2.05) is 12.1 Å². The van der Waals surface area contributed by atoms with E-state index >= 15 is 4.39 Å². The summed E-state index contributed by atoms with van der Waals surface area (Å²) in [5, 5.41) is 4.29. The average Bonchev–Trinajstić information content (AvgIpc) is 2.90. The summed E-state index contributed by atoms with van der Waals surface area (Å²) in [5.74, 6) is -0.660. The lowest BCUT2D eigenvalue weighted by Gasteiger charge is -2.49. The lowest BCUT2D eigenvalue weighted by Crippen LogP contribution is -2.51. The molecule has 0 aliphatic carbocycles. The predicted molar refractivity (Wildman–Crippen MR) is 171 cm³/mol. The third kappa shape index (κ3) is 5.12. The van der Waals surface area contributed by atoms with Crippen molar-refractivity contribution in [3.05, 3.63) is 85.3 Å². The van der Waals surface area contributed by atoms with Crippen molar-refractivity contribution in [3.8, 4) is 0 Å². The standard InChI is InChI=1S/C33H36BrCl2F2N3/c1-31(2)8-11-40(29-13-20(35)5-6-21(29)31)19-33(4)9-12-41(30-17-25(36)27(38)15-23(30)33)18-32(3)7-10-39-28-16-24(34)26(37)14-22(28)32/h5-6,13-17,39H,7-12,18-19H2,1-4H3. The first-order valence-electron chi connectivity index (χ1n) is 14.3. The van der Waals surface area contributed by atoms with Crippen LogP contribution in [-0.2, 0) is 16.2 Å². The number of hydrogen-bond acceptors (Lipinski definition) is 3. The summed E-state index contributed by atoms with van der Waals surface area (Å²) in [5.41, 5.74) is 5.80. The predicted octanol–water partition coefficient (Wildman–Crippen LogP) is 9.46. The topological polar surface area (TPSA) is 18.5 Å². The molecule has 0 bridgehead atoms. The zero-order chi connectivity index (χ0) is 29.3. The number of nitrogens with zero attached hydrogens (tertiary/aromatic N) is 2. The quantitative estimate of drug-likeness (QED) is 0.300. The Bertz CT molecular complexity index is 1530. The van der Waals surface area contributed by atoms with Gasteiger partial charge in [-0.3, -0.25) is 0 Å². The molecule has 8 heteroatoms. The number of fused-ring (bicyclic) bond motifs is 3. The summed E-state index contributed by atoms with van der Waals surface area (Å²) in [7, 11) is 0. The molecule has 0 spiro atoms. The van der Waals surface area contributed by atoms with Gasteiger partial charge in [0, 0.05) is 65.6 Å². The lowest BCUT2D eigenvalue weighted by atomic mass is 9.72. The summed E-state index contributed by atoms with van der Waals surface area (Å²) in [6.07, 6.45) is 2.75. The third-order valence-corrected chi connectivity index (χ3v) is 10.9. The van der Waals surface area contributed by atoms with E-state index in [0.29, 0.717) is 11.0 Å². The SMILES string of the molecule is CC1(C)CCN(CC2(C)CCN(CC3(C)CCNc4cc(Br)c(F)cc43)c3cc(Cl)c(F)cc32)c2cc(Cl)ccc21. The van der Waals surface area contributed by atoms with Gasteiger partial charge in [-0.05, 0) is 93.7 Å². The Morgan fingerprint density at radius 2 is 1.41 bits per heavy atom. The third-order valence-electron chi connectivity index (χ3n) is 9.78. The molecule has 1 N–H and O–H groups in total. The second-order valence-corrected chi connectivity index (χ2v) is 15.0. The second-order valence-electron chi connectivity index (χ2n) is 13.3. The molecule has 3 aliphatic heterocycles. The van der Waals surface area contributed by atoms with Crippen molar-refractivity contribution in [3.63, 3.8) is 0 Å². The maximum Gasteiger partial charge on any atom is 0.142 e. The van der Waals surface area contributed by atoms with Crippen LogP contribution in [0.3, 0.4) is 0 Å². The molecule has 0 saturated carbocycles. The van der Waals surface area contributed by atoms with Gasteiger partial charge in [-0.2, -0.15) is 0 Å². The molecule has 3 nitrogen and oxygen atoms in total. The van der Waals surface area contributed by atoms with E-state index in [9.17, 15) is 4.39 Å². The van der Waals surface area contributed by atoms with E-state index in [-0.39, 0.29) is 27.1 Å². The summed E-state index contributed by atoms with van der Waals surface area (Å²) in [6, 6.07) is 13.1. The molecule has 3 aromatic carbocycles. The summed E-state index contributed by atoms with van der Waals surface area (Å²) < 4.78 is 30.3. The van der Waals surface area contributed by atoms with Crippen molar-refractivity contribution < 1.29 is 8.78 Å². The summed E-state index contributed by atoms with van der Waals surface area (Å²) in [6.45, 7) is 13.0. The van der Waals surface area contributed by atoms with Gasteiger partial charge in [-0.15, -0.1) is 0 Å². The van der Waals surface area contributed by atoms with E-state index in [1.54, 1.807) is 18.2 Å². The van der Waals surface area contributed by atoms with Gasteiger partial charge in [0.1, 0.15) is 11.6 Å². The van der Waals surface area contributed by atoms with Crippen molar-refractivity contribution in [2.75, 3.05) is 47.8 Å². The van der Waals surface area contributed by atoms with Crippen molar-refractivity contribution in [1.82, 2.24) is 0 Å². The molecular weight excluding hydrogens is 627 g/mol. The molecule has 218 valence electrons. The fourth-order valence-corrected chi connectivity index (χ4v) is 7.89. The van der Waals surface area contributed by atoms with Crippen LogP contribution in [0.25, 0.3) is 0 Å². The van der Waals surface area contributed by atoms with E-state index in [0.717, 1.165) is 73.0 Å². The maximum absolute atomic E-state index is 15.1. The highest BCUT2D eigenvalue weighted by Crippen LogP contribution is 2.48. The van der Waals surface area contributed by atoms with Crippen LogP contribution >= 0.6 is 39.1 Å². The monoisotopic (exact) mass is 661 g/mol. The molecule has 3 aromatic rings. The molecule has 0 saturated heterocycles. The lowest BCUT2D eigenvalue weighted by molar-refractivity contribution is 0.365. The van der Waals surface area contributed by atoms with Crippen molar-refractivity contribution in [2.45, 2.75) is 63.2 Å². The van der Waals surface area contributed by atoms with Gasteiger partial charge in [0.2, 0.25) is 0 Å². The van der Waals surface area contributed by atoms with Gasteiger partial charge >= 0.3 is 0 Å². The van der Waals surface area contributed by atoms with Gasteiger partial charge in [-0.1, -0.05) is 57.0 Å². The highest BCUT2D eigenvalue weighted by Gasteiger charge is 2.43. The molecule has 3 aliphatic rings. The average molecular weight is 663 g/mol. The Morgan fingerprint density at radius 3 is 2.15 bits per heavy atom. The number of nitrogens with one attached hydrogen (secondary N) is 1. The minimum Gasteiger partial charge on any atom is -0.385 e. The van der Waals surface area contributed by atoms with E-state index in [2.05, 4.69) is 70.9 Å². The van der Waals surface area contributed by atoms with E-state index in [4.69, 9.17) is 23.2 Å². The highest BCUT2D eigenvalue weighted by molar-refractivity contribution is 9.10. The largest absolute Gasteiger partial charge is 0.385 e. The maximum atomic E-state index is 15.1. The Balaban J connectivity index is 1.36. The molecule has 0 aromatic heterocycles. The molecule has 0 radical (unpaired) electrons. The molecule has 6 rings (SSSR count). The van der Waals surface area contributed by atoms with Crippen molar-refractivity contribution in [2.24, 2.45) is 0 Å². The minimum atomic E-state index is -0.396. The van der Waals surface area contributed by atoms with Crippen LogP contribution in [0.2, 0.25) is 10.0 Å². The zero-order valence-corrected chi connectivity index (χ0v) is 27.1. The molecule has 3 heterocycles. The first-order valence-corrected chi connectivity index (χ1v) is 15.9. The number of hydrogen-bond donors (Lipinski definition) is 1. The van der Waals surface area contributed by atoms with Crippen LogP contribution in [0.5, 0.6) is 0 Å². The Hall–Kier alpha value is -2.02. The molecule has 2 atom stereocenters. The number of benzene rings is 3. The first kappa shape index (κ1) is 29.1. The molecule has 41 heavy (non-hydrogen) atoms. The molecule has 0 amide bonds. The fraction of sp³-hybridized carbons (Fsp3) is 0.455. The number of halogens is 5. The van der Waals surface area contributed by atoms with Gasteiger partial charge in [-0.25, -0.2) is 8.78 Å². The fourth-order valence-electron chi connectivity index (χ4n) is 7.23. The van der Waals surface area contributed by atoms with Gasteiger partial charge < -0.3 is 15.1 Å². The summed E-state index contributed by atoms with van der Waals surface area (Å²) in [4.78, 5) is 4.77. The van der Waals surface area contributed by atoms with Crippen LogP contribution in [0.1, 0.15) is 63.6 Å². The van der Waals surface area contributed by atoms with Crippen LogP contribution in [0.15, 0.2) is 46.9 Å². The van der Waals surface area contributed by atoms with Crippen LogP contribution < -0.4 is 15.1 Å². The van der Waals surface area contributed by atoms with Crippen molar-refractivity contribution in [1.29, 1.82) is 0 Å². The normalized spacial score (nSPS) is 24.8. The smallest absolute Gasteiger partial charge is 0.142 e. The van der Waals surface area contributed by atoms with E-state index < -0.39 is 5.82 Å². The van der Waals surface area contributed by atoms with Crippen molar-refractivity contribution >= 4 is 56.2 Å². The number of rotatable bonds is 4.